The molecule has 6 heteroatoms. The Morgan fingerprint density at radius 3 is 2.57 bits per heavy atom. The normalized spacial score (nSPS) is 10.3. The number of nitrogens with zero attached hydrogens (tertiary/aromatic N) is 3. The van der Waals surface area contributed by atoms with Crippen LogP contribution in [0.15, 0.2) is 67.3 Å². The summed E-state index contributed by atoms with van der Waals surface area (Å²) in [5, 5.41) is 10.6. The van der Waals surface area contributed by atoms with Gasteiger partial charge in [0, 0.05) is 30.6 Å². The van der Waals surface area contributed by atoms with E-state index in [1.807, 2.05) is 35.0 Å². The van der Waals surface area contributed by atoms with E-state index in [1.165, 1.54) is 12.1 Å². The van der Waals surface area contributed by atoms with Crippen LogP contribution in [0.4, 0.5) is 5.69 Å². The number of aromatic nitrogens is 2. The number of imidazole rings is 1. The molecule has 2 aromatic carbocycles. The predicted molar refractivity (Wildman–Crippen MR) is 76.7 cm³/mol. The molecule has 1 aromatic heterocycles. The van der Waals surface area contributed by atoms with Gasteiger partial charge in [0.1, 0.15) is 11.5 Å². The Morgan fingerprint density at radius 1 is 1.10 bits per heavy atom. The molecule has 0 atom stereocenters. The van der Waals surface area contributed by atoms with E-state index in [4.69, 9.17) is 4.74 Å². The minimum absolute atomic E-state index is 0.0366. The number of nitro groups is 1. The number of nitro benzene ring substituents is 1. The molecule has 0 saturated carbocycles. The van der Waals surface area contributed by atoms with E-state index >= 15 is 0 Å². The number of hydrogen-bond donors (Lipinski definition) is 0. The second kappa shape index (κ2) is 5.46. The molecule has 0 aliphatic heterocycles. The van der Waals surface area contributed by atoms with Crippen molar-refractivity contribution in [2.75, 3.05) is 0 Å². The Labute approximate surface area is 120 Å². The molecule has 0 aliphatic rings. The summed E-state index contributed by atoms with van der Waals surface area (Å²) in [6, 6.07) is 13.5. The van der Waals surface area contributed by atoms with Gasteiger partial charge in [-0.2, -0.15) is 0 Å². The summed E-state index contributed by atoms with van der Waals surface area (Å²) in [5.41, 5.74) is 0.960. The predicted octanol–water partition coefficient (Wildman–Crippen LogP) is 3.57. The summed E-state index contributed by atoms with van der Waals surface area (Å²) in [4.78, 5) is 14.2. The van der Waals surface area contributed by atoms with Crippen molar-refractivity contribution in [2.24, 2.45) is 0 Å². The molecule has 0 fully saturated rings. The molecular formula is C15H11N3O3. The van der Waals surface area contributed by atoms with E-state index in [0.717, 1.165) is 5.69 Å². The summed E-state index contributed by atoms with van der Waals surface area (Å²) in [5.74, 6) is 1.19. The highest BCUT2D eigenvalue weighted by Crippen LogP contribution is 2.25. The minimum Gasteiger partial charge on any atom is -0.457 e. The Bertz CT molecular complexity index is 752. The maximum atomic E-state index is 10.6. The van der Waals surface area contributed by atoms with E-state index in [2.05, 4.69) is 4.98 Å². The van der Waals surface area contributed by atoms with Crippen LogP contribution in [0, 0.1) is 10.1 Å². The van der Waals surface area contributed by atoms with Crippen molar-refractivity contribution in [3.63, 3.8) is 0 Å². The monoisotopic (exact) mass is 281 g/mol. The molecule has 0 bridgehead atoms. The Balaban J connectivity index is 1.81. The zero-order valence-corrected chi connectivity index (χ0v) is 10.9. The zero-order valence-electron chi connectivity index (χ0n) is 10.9. The molecular weight excluding hydrogens is 270 g/mol. The second-order valence-corrected chi connectivity index (χ2v) is 4.32. The van der Waals surface area contributed by atoms with Gasteiger partial charge in [-0.1, -0.05) is 6.07 Å². The number of ether oxygens (including phenoxy) is 1. The molecule has 0 amide bonds. The van der Waals surface area contributed by atoms with Crippen molar-refractivity contribution in [3.05, 3.63) is 77.4 Å². The van der Waals surface area contributed by atoms with E-state index in [9.17, 15) is 10.1 Å². The van der Waals surface area contributed by atoms with E-state index in [0.29, 0.717) is 11.5 Å². The van der Waals surface area contributed by atoms with Gasteiger partial charge < -0.3 is 9.30 Å². The van der Waals surface area contributed by atoms with Crippen LogP contribution in [0.1, 0.15) is 0 Å². The molecule has 21 heavy (non-hydrogen) atoms. The van der Waals surface area contributed by atoms with Gasteiger partial charge in [0.25, 0.3) is 5.69 Å². The van der Waals surface area contributed by atoms with Crippen molar-refractivity contribution < 1.29 is 9.66 Å². The van der Waals surface area contributed by atoms with Gasteiger partial charge in [-0.25, -0.2) is 4.98 Å². The molecule has 0 spiro atoms. The Morgan fingerprint density at radius 2 is 1.90 bits per heavy atom. The molecule has 0 aliphatic carbocycles. The summed E-state index contributed by atoms with van der Waals surface area (Å²) in [6.07, 6.45) is 5.24. The van der Waals surface area contributed by atoms with Gasteiger partial charge in [0.2, 0.25) is 0 Å². The lowest BCUT2D eigenvalue weighted by molar-refractivity contribution is -0.384. The van der Waals surface area contributed by atoms with Crippen LogP contribution >= 0.6 is 0 Å². The van der Waals surface area contributed by atoms with E-state index in [-0.39, 0.29) is 5.69 Å². The molecule has 6 nitrogen and oxygen atoms in total. The highest BCUT2D eigenvalue weighted by atomic mass is 16.6. The van der Waals surface area contributed by atoms with Crippen LogP contribution in [0.25, 0.3) is 5.69 Å². The molecule has 0 radical (unpaired) electrons. The standard InChI is InChI=1S/C15H11N3O3/c19-18(20)12-4-6-14(7-5-12)21-15-3-1-2-13(10-15)17-9-8-16-11-17/h1-11H. The van der Waals surface area contributed by atoms with Crippen LogP contribution in [0.3, 0.4) is 0 Å². The van der Waals surface area contributed by atoms with Gasteiger partial charge in [-0.3, -0.25) is 10.1 Å². The summed E-state index contributed by atoms with van der Waals surface area (Å²) in [6.45, 7) is 0. The highest BCUT2D eigenvalue weighted by Gasteiger charge is 2.05. The fourth-order valence-electron chi connectivity index (χ4n) is 1.89. The number of non-ortho nitro benzene ring substituents is 1. The van der Waals surface area contributed by atoms with Crippen molar-refractivity contribution in [1.82, 2.24) is 9.55 Å². The first kappa shape index (κ1) is 12.9. The largest absolute Gasteiger partial charge is 0.457 e. The first-order valence-electron chi connectivity index (χ1n) is 6.23. The van der Waals surface area contributed by atoms with Crippen LogP contribution in [0.2, 0.25) is 0 Å². The maximum absolute atomic E-state index is 10.6. The number of hydrogen-bond acceptors (Lipinski definition) is 4. The van der Waals surface area contributed by atoms with Gasteiger partial charge in [-0.15, -0.1) is 0 Å². The summed E-state index contributed by atoms with van der Waals surface area (Å²) >= 11 is 0. The van der Waals surface area contributed by atoms with Gasteiger partial charge in [0.05, 0.1) is 16.9 Å². The Hall–Kier alpha value is -3.15. The fourth-order valence-corrected chi connectivity index (χ4v) is 1.89. The zero-order chi connectivity index (χ0) is 14.7. The molecule has 0 N–H and O–H groups in total. The number of rotatable bonds is 4. The van der Waals surface area contributed by atoms with Crippen molar-refractivity contribution >= 4 is 5.69 Å². The second-order valence-electron chi connectivity index (χ2n) is 4.32. The van der Waals surface area contributed by atoms with Crippen LogP contribution < -0.4 is 4.74 Å². The lowest BCUT2D eigenvalue weighted by Gasteiger charge is -2.08. The van der Waals surface area contributed by atoms with Gasteiger partial charge in [-0.05, 0) is 24.3 Å². The molecule has 1 heterocycles. The smallest absolute Gasteiger partial charge is 0.269 e. The molecule has 0 unspecified atom stereocenters. The van der Waals surface area contributed by atoms with Crippen molar-refractivity contribution in [3.8, 4) is 17.2 Å². The minimum atomic E-state index is -0.441. The van der Waals surface area contributed by atoms with Crippen molar-refractivity contribution in [2.45, 2.75) is 0 Å². The summed E-state index contributed by atoms with van der Waals surface area (Å²) in [7, 11) is 0. The highest BCUT2D eigenvalue weighted by molar-refractivity contribution is 5.43. The SMILES string of the molecule is O=[N+]([O-])c1ccc(Oc2cccc(-n3ccnc3)c2)cc1. The van der Waals surface area contributed by atoms with Crippen LogP contribution in [0.5, 0.6) is 11.5 Å². The number of benzene rings is 2. The van der Waals surface area contributed by atoms with E-state index in [1.54, 1.807) is 24.7 Å². The first-order valence-corrected chi connectivity index (χ1v) is 6.23. The van der Waals surface area contributed by atoms with Crippen LogP contribution in [-0.4, -0.2) is 14.5 Å². The van der Waals surface area contributed by atoms with E-state index < -0.39 is 4.92 Å². The average molecular weight is 281 g/mol. The quantitative estimate of drug-likeness (QED) is 0.541. The topological polar surface area (TPSA) is 70.2 Å². The third-order valence-electron chi connectivity index (χ3n) is 2.90. The summed E-state index contributed by atoms with van der Waals surface area (Å²) < 4.78 is 7.56. The maximum Gasteiger partial charge on any atom is 0.269 e. The first-order chi connectivity index (χ1) is 10.2. The fraction of sp³-hybridized carbons (Fsp3) is 0. The lowest BCUT2D eigenvalue weighted by Crippen LogP contribution is -1.91. The third-order valence-corrected chi connectivity index (χ3v) is 2.90. The molecule has 104 valence electrons. The van der Waals surface area contributed by atoms with Gasteiger partial charge in [0.15, 0.2) is 0 Å². The average Bonchev–Trinajstić information content (AvgIpc) is 3.02. The third kappa shape index (κ3) is 2.89. The lowest BCUT2D eigenvalue weighted by atomic mass is 10.3. The molecule has 3 rings (SSSR count). The Kier molecular flexibility index (Phi) is 3.34. The molecule has 0 saturated heterocycles. The molecule has 3 aromatic rings. The van der Waals surface area contributed by atoms with Crippen LogP contribution in [-0.2, 0) is 0 Å². The van der Waals surface area contributed by atoms with Gasteiger partial charge >= 0.3 is 0 Å². The van der Waals surface area contributed by atoms with Crippen molar-refractivity contribution in [1.29, 1.82) is 0 Å².